The summed E-state index contributed by atoms with van der Waals surface area (Å²) in [5.74, 6) is 0.705. The van der Waals surface area contributed by atoms with Gasteiger partial charge in [0, 0.05) is 12.1 Å². The summed E-state index contributed by atoms with van der Waals surface area (Å²) in [5, 5.41) is 3.60. The number of hydrogen-bond donors (Lipinski definition) is 1. The van der Waals surface area contributed by atoms with Gasteiger partial charge in [-0.2, -0.15) is 0 Å². The van der Waals surface area contributed by atoms with Crippen molar-refractivity contribution in [1.29, 1.82) is 0 Å². The number of fused-ring (bicyclic) bond motifs is 2. The highest BCUT2D eigenvalue weighted by atomic mass is 35.5. The minimum atomic E-state index is -0.260. The largest absolute Gasteiger partial charge is 0.490 e. The molecule has 1 N–H and O–H groups in total. The number of hydrogen-bond acceptors (Lipinski definition) is 2. The van der Waals surface area contributed by atoms with Crippen LogP contribution in [0, 0.1) is 11.7 Å². The van der Waals surface area contributed by atoms with Gasteiger partial charge in [0.1, 0.15) is 0 Å². The van der Waals surface area contributed by atoms with Crippen molar-refractivity contribution in [1.82, 2.24) is 5.32 Å². The van der Waals surface area contributed by atoms with E-state index in [4.69, 9.17) is 4.74 Å². The molecule has 2 heterocycles. The summed E-state index contributed by atoms with van der Waals surface area (Å²) < 4.78 is 19.0. The lowest BCUT2D eigenvalue weighted by molar-refractivity contribution is 0.185. The molecule has 1 aromatic carbocycles. The normalized spacial score (nSPS) is 29.7. The van der Waals surface area contributed by atoms with Crippen molar-refractivity contribution in [3.8, 4) is 5.75 Å². The van der Waals surface area contributed by atoms with Crippen LogP contribution >= 0.6 is 12.4 Å². The monoisotopic (exact) mass is 271 g/mol. The van der Waals surface area contributed by atoms with E-state index in [1.807, 2.05) is 6.07 Å². The van der Waals surface area contributed by atoms with Gasteiger partial charge in [-0.3, -0.25) is 0 Å². The quantitative estimate of drug-likeness (QED) is 0.912. The Balaban J connectivity index is 0.00000120. The second-order valence-corrected chi connectivity index (χ2v) is 5.22. The van der Waals surface area contributed by atoms with Gasteiger partial charge in [-0.05, 0) is 43.7 Å². The third kappa shape index (κ3) is 2.96. The molecule has 0 saturated carbocycles. The van der Waals surface area contributed by atoms with Crippen LogP contribution in [0.2, 0.25) is 0 Å². The first-order valence-electron chi connectivity index (χ1n) is 6.44. The van der Waals surface area contributed by atoms with E-state index in [1.54, 1.807) is 12.1 Å². The smallest absolute Gasteiger partial charge is 0.165 e. The number of piperidine rings is 1. The molecule has 2 bridgehead atoms. The first kappa shape index (κ1) is 13.6. The molecule has 2 fully saturated rings. The Morgan fingerprint density at radius 1 is 1.17 bits per heavy atom. The van der Waals surface area contributed by atoms with Crippen LogP contribution in [0.15, 0.2) is 24.3 Å². The van der Waals surface area contributed by atoms with Crippen molar-refractivity contribution in [2.75, 3.05) is 6.61 Å². The third-order valence-electron chi connectivity index (χ3n) is 3.88. The van der Waals surface area contributed by atoms with Crippen molar-refractivity contribution < 1.29 is 9.13 Å². The predicted octanol–water partition coefficient (Wildman–Crippen LogP) is 3.16. The van der Waals surface area contributed by atoms with E-state index in [2.05, 4.69) is 5.32 Å². The van der Waals surface area contributed by atoms with Crippen LogP contribution in [0.25, 0.3) is 0 Å². The highest BCUT2D eigenvalue weighted by molar-refractivity contribution is 5.85. The van der Waals surface area contributed by atoms with Crippen molar-refractivity contribution in [3.05, 3.63) is 30.1 Å². The lowest BCUT2D eigenvalue weighted by Crippen LogP contribution is -2.39. The first-order valence-corrected chi connectivity index (χ1v) is 6.44. The predicted molar refractivity (Wildman–Crippen MR) is 71.8 cm³/mol. The highest BCUT2D eigenvalue weighted by Gasteiger charge is 2.33. The van der Waals surface area contributed by atoms with E-state index in [0.29, 0.717) is 30.4 Å². The van der Waals surface area contributed by atoms with Crippen LogP contribution < -0.4 is 10.1 Å². The van der Waals surface area contributed by atoms with Crippen LogP contribution in [-0.2, 0) is 0 Å². The van der Waals surface area contributed by atoms with Crippen molar-refractivity contribution in [3.63, 3.8) is 0 Å². The molecule has 2 aliphatic heterocycles. The molecule has 18 heavy (non-hydrogen) atoms. The molecule has 2 nitrogen and oxygen atoms in total. The zero-order valence-corrected chi connectivity index (χ0v) is 11.1. The molecule has 100 valence electrons. The summed E-state index contributed by atoms with van der Waals surface area (Å²) in [4.78, 5) is 0. The fourth-order valence-corrected chi connectivity index (χ4v) is 3.08. The molecule has 0 aliphatic carbocycles. The third-order valence-corrected chi connectivity index (χ3v) is 3.88. The Bertz CT molecular complexity index is 389. The highest BCUT2D eigenvalue weighted by Crippen LogP contribution is 2.31. The molecule has 2 saturated heterocycles. The summed E-state index contributed by atoms with van der Waals surface area (Å²) in [7, 11) is 0. The maximum atomic E-state index is 13.4. The zero-order valence-electron chi connectivity index (χ0n) is 10.3. The molecular formula is C14H19ClFNO. The number of benzene rings is 1. The van der Waals surface area contributed by atoms with E-state index < -0.39 is 0 Å². The Kier molecular flexibility index (Phi) is 4.46. The summed E-state index contributed by atoms with van der Waals surface area (Å²) in [6.07, 6.45) is 4.93. The van der Waals surface area contributed by atoms with Crippen LogP contribution in [0.5, 0.6) is 5.75 Å². The van der Waals surface area contributed by atoms with E-state index in [1.165, 1.54) is 31.7 Å². The molecule has 0 amide bonds. The van der Waals surface area contributed by atoms with Crippen LogP contribution in [0.1, 0.15) is 25.7 Å². The average Bonchev–Trinajstić information content (AvgIpc) is 2.68. The number of rotatable bonds is 3. The topological polar surface area (TPSA) is 21.3 Å². The summed E-state index contributed by atoms with van der Waals surface area (Å²) in [6.45, 7) is 0.648. The van der Waals surface area contributed by atoms with Gasteiger partial charge < -0.3 is 10.1 Å². The van der Waals surface area contributed by atoms with Crippen molar-refractivity contribution in [2.45, 2.75) is 37.8 Å². The maximum absolute atomic E-state index is 13.4. The van der Waals surface area contributed by atoms with Gasteiger partial charge in [0.25, 0.3) is 0 Å². The fraction of sp³-hybridized carbons (Fsp3) is 0.571. The van der Waals surface area contributed by atoms with Crippen molar-refractivity contribution in [2.24, 2.45) is 5.92 Å². The molecule has 2 aliphatic rings. The fourth-order valence-electron chi connectivity index (χ4n) is 3.08. The zero-order chi connectivity index (χ0) is 11.7. The van der Waals surface area contributed by atoms with Gasteiger partial charge in [-0.15, -0.1) is 12.4 Å². The van der Waals surface area contributed by atoms with Gasteiger partial charge in [0.15, 0.2) is 11.6 Å². The van der Waals surface area contributed by atoms with Gasteiger partial charge in [-0.25, -0.2) is 4.39 Å². The minimum absolute atomic E-state index is 0. The molecule has 0 radical (unpaired) electrons. The Morgan fingerprint density at radius 3 is 2.50 bits per heavy atom. The molecule has 0 spiro atoms. The van der Waals surface area contributed by atoms with Crippen molar-refractivity contribution >= 4 is 12.4 Å². The molecule has 0 unspecified atom stereocenters. The molecular weight excluding hydrogens is 253 g/mol. The summed E-state index contributed by atoms with van der Waals surface area (Å²) in [5.41, 5.74) is 0. The molecule has 1 aromatic rings. The van der Waals surface area contributed by atoms with Crippen LogP contribution in [0.3, 0.4) is 0 Å². The maximum Gasteiger partial charge on any atom is 0.165 e. The standard InChI is InChI=1S/C14H18FNO.ClH/c15-13-3-1-2-4-14(13)17-9-10-7-11-5-6-12(8-10)16-11;/h1-4,10-12,16H,5-9H2;1H/t10-,11-,12+;. The molecule has 4 heteroatoms. The van der Waals surface area contributed by atoms with Gasteiger partial charge in [0.2, 0.25) is 0 Å². The van der Waals surface area contributed by atoms with Crippen LogP contribution in [-0.4, -0.2) is 18.7 Å². The van der Waals surface area contributed by atoms with E-state index in [0.717, 1.165) is 0 Å². The van der Waals surface area contributed by atoms with Gasteiger partial charge >= 0.3 is 0 Å². The number of ether oxygens (including phenoxy) is 1. The van der Waals surface area contributed by atoms with E-state index in [-0.39, 0.29) is 18.2 Å². The van der Waals surface area contributed by atoms with E-state index >= 15 is 0 Å². The second-order valence-electron chi connectivity index (χ2n) is 5.22. The molecule has 3 rings (SSSR count). The minimum Gasteiger partial charge on any atom is -0.490 e. The molecule has 3 atom stereocenters. The van der Waals surface area contributed by atoms with E-state index in [9.17, 15) is 4.39 Å². The van der Waals surface area contributed by atoms with Crippen LogP contribution in [0.4, 0.5) is 4.39 Å². The Labute approximate surface area is 113 Å². The number of nitrogens with one attached hydrogen (secondary N) is 1. The average molecular weight is 272 g/mol. The Hall–Kier alpha value is -0.800. The lowest BCUT2D eigenvalue weighted by Gasteiger charge is -2.28. The van der Waals surface area contributed by atoms with Gasteiger partial charge in [-0.1, -0.05) is 12.1 Å². The lowest BCUT2D eigenvalue weighted by atomic mass is 9.93. The SMILES string of the molecule is Cl.Fc1ccccc1OC[C@@H]1C[C@H]2CC[C@@H](C1)N2. The summed E-state index contributed by atoms with van der Waals surface area (Å²) >= 11 is 0. The Morgan fingerprint density at radius 2 is 1.83 bits per heavy atom. The number of halogens is 2. The first-order chi connectivity index (χ1) is 8.31. The summed E-state index contributed by atoms with van der Waals surface area (Å²) in [6, 6.07) is 7.98. The molecule has 0 aromatic heterocycles. The number of para-hydroxylation sites is 1. The second kappa shape index (κ2) is 5.89. The van der Waals surface area contributed by atoms with Gasteiger partial charge in [0.05, 0.1) is 6.61 Å².